The van der Waals surface area contributed by atoms with Crippen molar-refractivity contribution < 1.29 is 9.47 Å². The highest BCUT2D eigenvalue weighted by molar-refractivity contribution is 14.0. The van der Waals surface area contributed by atoms with Crippen LogP contribution in [0.1, 0.15) is 63.9 Å². The lowest BCUT2D eigenvalue weighted by Crippen LogP contribution is -2.39. The van der Waals surface area contributed by atoms with Gasteiger partial charge in [0.2, 0.25) is 0 Å². The lowest BCUT2D eigenvalue weighted by molar-refractivity contribution is 0.268. The molecule has 0 bridgehead atoms. The topological polar surface area (TPSA) is 72.7 Å². The molecule has 0 aliphatic carbocycles. The number of aliphatic imine (C=N–C) groups is 1. The number of hydrogen-bond donors (Lipinski definition) is 2. The van der Waals surface area contributed by atoms with Gasteiger partial charge in [0.1, 0.15) is 5.82 Å². The minimum atomic E-state index is 0. The van der Waals surface area contributed by atoms with Crippen molar-refractivity contribution in [1.29, 1.82) is 0 Å². The summed E-state index contributed by atoms with van der Waals surface area (Å²) in [7, 11) is 1.80. The number of benzene rings is 1. The fourth-order valence-electron chi connectivity index (χ4n) is 3.19. The van der Waals surface area contributed by atoms with Crippen molar-refractivity contribution in [3.05, 3.63) is 42.0 Å². The summed E-state index contributed by atoms with van der Waals surface area (Å²) in [5, 5.41) is 6.88. The van der Waals surface area contributed by atoms with Crippen LogP contribution >= 0.6 is 24.0 Å². The number of hydrogen-bond acceptors (Lipinski definition) is 4. The molecule has 0 fully saturated rings. The van der Waals surface area contributed by atoms with Gasteiger partial charge in [0.25, 0.3) is 0 Å². The molecule has 0 aliphatic rings. The summed E-state index contributed by atoms with van der Waals surface area (Å²) in [6, 6.07) is 6.24. The molecule has 0 aliphatic heterocycles. The van der Waals surface area contributed by atoms with Crippen molar-refractivity contribution in [2.24, 2.45) is 4.99 Å². The molecule has 7 nitrogen and oxygen atoms in total. The zero-order chi connectivity index (χ0) is 22.5. The maximum atomic E-state index is 5.93. The molecule has 1 unspecified atom stereocenters. The first-order chi connectivity index (χ1) is 15.1. The van der Waals surface area contributed by atoms with Gasteiger partial charge in [0.05, 0.1) is 19.3 Å². The fraction of sp³-hybridized carbons (Fsp3) is 0.583. The van der Waals surface area contributed by atoms with Gasteiger partial charge in [0.15, 0.2) is 17.5 Å². The molecule has 0 saturated heterocycles. The monoisotopic (exact) mass is 557 g/mol. The van der Waals surface area contributed by atoms with E-state index in [1.54, 1.807) is 7.05 Å². The number of nitrogens with one attached hydrogen (secondary N) is 2. The average Bonchev–Trinajstić information content (AvgIpc) is 3.19. The van der Waals surface area contributed by atoms with E-state index in [1.165, 1.54) is 0 Å². The third-order valence-corrected chi connectivity index (χ3v) is 5.01. The number of rotatable bonds is 13. The second-order valence-electron chi connectivity index (χ2n) is 7.64. The Morgan fingerprint density at radius 1 is 1.12 bits per heavy atom. The second kappa shape index (κ2) is 15.8. The molecule has 0 saturated carbocycles. The van der Waals surface area contributed by atoms with Crippen molar-refractivity contribution in [2.45, 2.75) is 66.0 Å². The summed E-state index contributed by atoms with van der Waals surface area (Å²) in [5.74, 6) is 3.47. The average molecular weight is 558 g/mol. The van der Waals surface area contributed by atoms with Crippen LogP contribution in [0.4, 0.5) is 0 Å². The Bertz CT molecular complexity index is 809. The van der Waals surface area contributed by atoms with Gasteiger partial charge in [0, 0.05) is 32.5 Å². The van der Waals surface area contributed by atoms with Gasteiger partial charge in [-0.3, -0.25) is 4.99 Å². The molecule has 0 radical (unpaired) electrons. The van der Waals surface area contributed by atoms with Crippen LogP contribution in [0.5, 0.6) is 11.5 Å². The fourth-order valence-corrected chi connectivity index (χ4v) is 3.19. The highest BCUT2D eigenvalue weighted by Gasteiger charge is 2.12. The first kappa shape index (κ1) is 28.1. The van der Waals surface area contributed by atoms with E-state index in [0.717, 1.165) is 67.6 Å². The summed E-state index contributed by atoms with van der Waals surface area (Å²) in [6.07, 6.45) is 7.96. The maximum Gasteiger partial charge on any atom is 0.191 e. The van der Waals surface area contributed by atoms with Gasteiger partial charge in [-0.1, -0.05) is 19.9 Å². The number of aryl methyl sites for hydroxylation is 2. The lowest BCUT2D eigenvalue weighted by Gasteiger charge is -2.20. The molecule has 2 N–H and O–H groups in total. The Balaban J connectivity index is 0.00000512. The van der Waals surface area contributed by atoms with E-state index < -0.39 is 0 Å². The van der Waals surface area contributed by atoms with Crippen LogP contribution in [0.3, 0.4) is 0 Å². The van der Waals surface area contributed by atoms with Crippen LogP contribution in [0, 0.1) is 6.92 Å². The smallest absolute Gasteiger partial charge is 0.191 e. The van der Waals surface area contributed by atoms with Crippen molar-refractivity contribution in [1.82, 2.24) is 20.2 Å². The lowest BCUT2D eigenvalue weighted by atomic mass is 10.1. The Hall–Kier alpha value is -1.97. The minimum absolute atomic E-state index is 0. The predicted molar refractivity (Wildman–Crippen MR) is 143 cm³/mol. The standard InChI is InChI=1S/C24H39N5O2.HI/c1-6-16-30-22-11-10-21(18-23(22)31-17-7-2)19(3)28-24(25-5)27-12-8-9-14-29-15-13-26-20(29)4;/h10-11,13,15,18-19H,6-9,12,14,16-17H2,1-5H3,(H2,25,27,28);1H. The van der Waals surface area contributed by atoms with E-state index in [2.05, 4.69) is 58.1 Å². The number of aromatic nitrogens is 2. The predicted octanol–water partition coefficient (Wildman–Crippen LogP) is 5.09. The van der Waals surface area contributed by atoms with Gasteiger partial charge in [-0.15, -0.1) is 24.0 Å². The Morgan fingerprint density at radius 3 is 2.47 bits per heavy atom. The minimum Gasteiger partial charge on any atom is -0.490 e. The molecule has 8 heteroatoms. The molecule has 0 spiro atoms. The van der Waals surface area contributed by atoms with Crippen LogP contribution in [0.15, 0.2) is 35.6 Å². The first-order valence-corrected chi connectivity index (χ1v) is 11.4. The van der Waals surface area contributed by atoms with Gasteiger partial charge in [-0.25, -0.2) is 4.98 Å². The first-order valence-electron chi connectivity index (χ1n) is 11.4. The van der Waals surface area contributed by atoms with Crippen LogP contribution in [0.25, 0.3) is 0 Å². The van der Waals surface area contributed by atoms with Crippen LogP contribution in [-0.2, 0) is 6.54 Å². The van der Waals surface area contributed by atoms with Crippen molar-refractivity contribution in [3.63, 3.8) is 0 Å². The van der Waals surface area contributed by atoms with Gasteiger partial charge >= 0.3 is 0 Å². The van der Waals surface area contributed by atoms with Crippen molar-refractivity contribution >= 4 is 29.9 Å². The van der Waals surface area contributed by atoms with Crippen LogP contribution in [0.2, 0.25) is 0 Å². The van der Waals surface area contributed by atoms with Gasteiger partial charge < -0.3 is 24.7 Å². The van der Waals surface area contributed by atoms with Crippen molar-refractivity contribution in [3.8, 4) is 11.5 Å². The number of halogens is 1. The zero-order valence-corrected chi connectivity index (χ0v) is 22.5. The van der Waals surface area contributed by atoms with E-state index >= 15 is 0 Å². The molecule has 1 aromatic carbocycles. The second-order valence-corrected chi connectivity index (χ2v) is 7.64. The number of nitrogens with zero attached hydrogens (tertiary/aromatic N) is 3. The van der Waals surface area contributed by atoms with Crippen LogP contribution < -0.4 is 20.1 Å². The van der Waals surface area contributed by atoms with E-state index in [0.29, 0.717) is 13.2 Å². The summed E-state index contributed by atoms with van der Waals surface area (Å²) >= 11 is 0. The maximum absolute atomic E-state index is 5.93. The molecular weight excluding hydrogens is 517 g/mol. The normalized spacial score (nSPS) is 12.1. The molecule has 32 heavy (non-hydrogen) atoms. The molecule has 1 atom stereocenters. The zero-order valence-electron chi connectivity index (χ0n) is 20.2. The number of ether oxygens (including phenoxy) is 2. The third-order valence-electron chi connectivity index (χ3n) is 5.01. The van der Waals surface area contributed by atoms with E-state index in [4.69, 9.17) is 9.47 Å². The Morgan fingerprint density at radius 2 is 1.84 bits per heavy atom. The molecule has 1 aromatic heterocycles. The summed E-state index contributed by atoms with van der Waals surface area (Å²) in [4.78, 5) is 8.63. The molecule has 1 heterocycles. The Labute approximate surface area is 210 Å². The molecule has 0 amide bonds. The summed E-state index contributed by atoms with van der Waals surface area (Å²) < 4.78 is 14.0. The third kappa shape index (κ3) is 9.26. The largest absolute Gasteiger partial charge is 0.490 e. The van der Waals surface area contributed by atoms with Gasteiger partial charge in [-0.2, -0.15) is 0 Å². The van der Waals surface area contributed by atoms with E-state index in [1.807, 2.05) is 25.4 Å². The highest BCUT2D eigenvalue weighted by Crippen LogP contribution is 2.31. The Kier molecular flexibility index (Phi) is 13.8. The quantitative estimate of drug-likeness (QED) is 0.155. The highest BCUT2D eigenvalue weighted by atomic mass is 127. The number of unbranched alkanes of at least 4 members (excludes halogenated alkanes) is 1. The molecule has 2 rings (SSSR count). The number of imidazole rings is 1. The molecule has 180 valence electrons. The van der Waals surface area contributed by atoms with Crippen molar-refractivity contribution in [2.75, 3.05) is 26.8 Å². The summed E-state index contributed by atoms with van der Waals surface area (Å²) in [5.41, 5.74) is 1.13. The van der Waals surface area contributed by atoms with Crippen LogP contribution in [-0.4, -0.2) is 42.3 Å². The summed E-state index contributed by atoms with van der Waals surface area (Å²) in [6.45, 7) is 11.6. The van der Waals surface area contributed by atoms with E-state index in [9.17, 15) is 0 Å². The van der Waals surface area contributed by atoms with Gasteiger partial charge in [-0.05, 0) is 57.2 Å². The number of guanidine groups is 1. The molecule has 2 aromatic rings. The SMILES string of the molecule is CCCOc1ccc(C(C)NC(=NC)NCCCCn2ccnc2C)cc1OCCC.I. The van der Waals surface area contributed by atoms with E-state index in [-0.39, 0.29) is 30.0 Å². The molecular formula is C24H40IN5O2.